The molecular weight excluding hydrogens is 883 g/mol. The molecule has 12 fully saturated rings. The van der Waals surface area contributed by atoms with Crippen molar-refractivity contribution in [1.29, 1.82) is 0 Å². The second-order valence-corrected chi connectivity index (χ2v) is 24.0. The molecule has 0 aromatic carbocycles. The van der Waals surface area contributed by atoms with Crippen molar-refractivity contribution in [3.05, 3.63) is 0 Å². The Kier molecular flexibility index (Phi) is 15.6. The Morgan fingerprint density at radius 1 is 0.433 bits per heavy atom. The molecule has 0 spiro atoms. The van der Waals surface area contributed by atoms with Gasteiger partial charge in [0.15, 0.2) is 19.8 Å². The second kappa shape index (κ2) is 19.8. The first-order chi connectivity index (χ1) is 31.3. The van der Waals surface area contributed by atoms with Crippen molar-refractivity contribution in [2.24, 2.45) is 51.8 Å². The molecule has 12 rings (SSSR count). The fourth-order valence-electron chi connectivity index (χ4n) is 16.0. The maximum atomic E-state index is 13.0. The predicted molar refractivity (Wildman–Crippen MR) is 238 cm³/mol. The molecule has 0 N–H and O–H groups in total. The highest BCUT2D eigenvalue weighted by molar-refractivity contribution is 5.79. The van der Waals surface area contributed by atoms with Gasteiger partial charge in [-0.25, -0.2) is 26.3 Å². The third-order valence-electron chi connectivity index (χ3n) is 17.0. The molecule has 384 valence electrons. The highest BCUT2D eigenvalue weighted by atomic mass is 19.3. The first kappa shape index (κ1) is 52.7. The third-order valence-corrected chi connectivity index (χ3v) is 17.0. The van der Waals surface area contributed by atoms with Crippen molar-refractivity contribution in [3.8, 4) is 0 Å². The van der Waals surface area contributed by atoms with Crippen LogP contribution in [0.4, 0.5) is 26.3 Å². The summed E-state index contributed by atoms with van der Waals surface area (Å²) in [4.78, 5) is 37.7. The normalized spacial score (nSPS) is 39.6. The number of carbonyl (C=O) groups is 3. The fraction of sp³-hybridized carbons (Fsp3) is 0.942. The van der Waals surface area contributed by atoms with E-state index >= 15 is 0 Å². The monoisotopic (exact) mass is 963 g/mol. The van der Waals surface area contributed by atoms with E-state index in [1.165, 1.54) is 0 Å². The van der Waals surface area contributed by atoms with Crippen LogP contribution in [0.5, 0.6) is 0 Å². The minimum atomic E-state index is -2.97. The number of carbonyl (C=O) groups excluding carboxylic acids is 3. The van der Waals surface area contributed by atoms with Gasteiger partial charge in [-0.1, -0.05) is 26.7 Å². The van der Waals surface area contributed by atoms with Crippen LogP contribution < -0.4 is 0 Å². The Balaban J connectivity index is 0.000000149. The first-order valence-corrected chi connectivity index (χ1v) is 25.8. The molecule has 6 atom stereocenters. The number of ether oxygens (including phenoxy) is 6. The molecule has 0 amide bonds. The van der Waals surface area contributed by atoms with E-state index in [4.69, 9.17) is 28.4 Å². The van der Waals surface area contributed by atoms with Crippen molar-refractivity contribution in [2.75, 3.05) is 39.6 Å². The molecule has 12 aliphatic rings. The van der Waals surface area contributed by atoms with Crippen LogP contribution in [0.3, 0.4) is 0 Å². The van der Waals surface area contributed by atoms with E-state index in [2.05, 4.69) is 13.8 Å². The van der Waals surface area contributed by atoms with Crippen molar-refractivity contribution in [2.45, 2.75) is 217 Å². The number of halogens is 6. The molecule has 0 aromatic heterocycles. The van der Waals surface area contributed by atoms with Gasteiger partial charge in [0.25, 0.3) is 17.8 Å². The summed E-state index contributed by atoms with van der Waals surface area (Å²) in [5.74, 6) is -7.29. The maximum Gasteiger partial charge on any atom is 0.312 e. The number of unbranched alkanes of at least 4 members (excludes halogenated alkanes) is 2. The molecular formula is C52H80F6O9. The number of alkyl halides is 6. The van der Waals surface area contributed by atoms with Gasteiger partial charge in [-0.3, -0.25) is 14.4 Å². The zero-order valence-electron chi connectivity index (χ0n) is 41.2. The minimum absolute atomic E-state index is 0.215. The summed E-state index contributed by atoms with van der Waals surface area (Å²) in [7, 11) is 0. The van der Waals surface area contributed by atoms with E-state index in [-0.39, 0.29) is 16.8 Å². The third kappa shape index (κ3) is 12.5. The highest BCUT2D eigenvalue weighted by Gasteiger charge is 2.65. The van der Waals surface area contributed by atoms with Gasteiger partial charge in [0, 0.05) is 40.6 Å². The van der Waals surface area contributed by atoms with Gasteiger partial charge in [-0.05, 0) is 171 Å². The molecule has 0 heterocycles. The fourth-order valence-corrected chi connectivity index (χ4v) is 16.0. The van der Waals surface area contributed by atoms with Gasteiger partial charge in [0.1, 0.15) is 0 Å². The summed E-state index contributed by atoms with van der Waals surface area (Å²) in [6.45, 7) is 8.25. The van der Waals surface area contributed by atoms with Gasteiger partial charge in [-0.15, -0.1) is 0 Å². The van der Waals surface area contributed by atoms with E-state index in [1.807, 2.05) is 6.92 Å². The summed E-state index contributed by atoms with van der Waals surface area (Å²) in [6, 6.07) is 0. The van der Waals surface area contributed by atoms with E-state index in [0.29, 0.717) is 61.4 Å². The van der Waals surface area contributed by atoms with Gasteiger partial charge in [0.2, 0.25) is 0 Å². The Labute approximate surface area is 394 Å². The van der Waals surface area contributed by atoms with Gasteiger partial charge < -0.3 is 28.4 Å². The lowest BCUT2D eigenvalue weighted by molar-refractivity contribution is -0.214. The first-order valence-electron chi connectivity index (χ1n) is 25.8. The Morgan fingerprint density at radius 3 is 0.910 bits per heavy atom. The van der Waals surface area contributed by atoms with Crippen molar-refractivity contribution >= 4 is 17.9 Å². The van der Waals surface area contributed by atoms with E-state index in [9.17, 15) is 40.7 Å². The molecule has 0 radical (unpaired) electrons. The molecule has 12 bridgehead atoms. The Bertz CT molecular complexity index is 1610. The largest absolute Gasteiger partial charge is 0.459 e. The molecule has 15 heteroatoms. The Hall–Kier alpha value is -2.13. The van der Waals surface area contributed by atoms with Crippen LogP contribution in [0.1, 0.15) is 183 Å². The lowest BCUT2D eigenvalue weighted by atomic mass is 9.48. The summed E-state index contributed by atoms with van der Waals surface area (Å²) < 4.78 is 112. The number of rotatable bonds is 19. The average molecular weight is 963 g/mol. The van der Waals surface area contributed by atoms with Crippen molar-refractivity contribution in [3.63, 3.8) is 0 Å². The molecule has 0 aromatic rings. The SMILES string of the molecule is CCCCOC12CC3CC(C1)CC(C(=O)OCC(C)(F)F)(C3)C2.CCCCOC12CC3CC(C1)CC(C(=O)OCC(C)(F)F)(C3)C2.CCOC12CC3CC(C1)CC(C(=O)OCC(C)(F)F)(C3)C2. The van der Waals surface area contributed by atoms with Gasteiger partial charge in [-0.2, -0.15) is 0 Å². The van der Waals surface area contributed by atoms with Crippen LogP contribution in [-0.4, -0.2) is 92.1 Å². The van der Waals surface area contributed by atoms with Crippen LogP contribution >= 0.6 is 0 Å². The van der Waals surface area contributed by atoms with E-state index < -0.39 is 71.7 Å². The van der Waals surface area contributed by atoms with Gasteiger partial charge in [0.05, 0.1) is 33.0 Å². The summed E-state index contributed by atoms with van der Waals surface area (Å²) >= 11 is 0. The average Bonchev–Trinajstić information content (AvgIpc) is 3.19. The smallest absolute Gasteiger partial charge is 0.312 e. The summed E-state index contributed by atoms with van der Waals surface area (Å²) in [5, 5.41) is 0. The minimum Gasteiger partial charge on any atom is -0.459 e. The highest BCUT2D eigenvalue weighted by Crippen LogP contribution is 2.66. The van der Waals surface area contributed by atoms with Crippen LogP contribution in [0.15, 0.2) is 0 Å². The topological polar surface area (TPSA) is 107 Å². The lowest BCUT2D eigenvalue weighted by Gasteiger charge is -2.60. The molecule has 9 nitrogen and oxygen atoms in total. The zero-order chi connectivity index (χ0) is 48.7. The van der Waals surface area contributed by atoms with Crippen LogP contribution in [0.25, 0.3) is 0 Å². The molecule has 12 aliphatic carbocycles. The van der Waals surface area contributed by atoms with Crippen LogP contribution in [0, 0.1) is 51.8 Å². The van der Waals surface area contributed by atoms with Crippen molar-refractivity contribution < 1.29 is 69.1 Å². The standard InChI is InChI=1S/2C18H28F2O3.C16H24F2O3/c2*1-3-4-5-23-18-9-13-6-14(10-18)8-17(7-13,11-18)15(21)22-12-16(2,19)20;1-3-21-16-7-11-4-12(8-16)6-15(5-11,9-16)13(19)20-10-14(2,17)18/h2*13-14H,3-12H2,1-2H3;11-12H,3-10H2,1-2H3. The van der Waals surface area contributed by atoms with E-state index in [1.54, 1.807) is 0 Å². The predicted octanol–water partition coefficient (Wildman–Crippen LogP) is 12.2. The maximum absolute atomic E-state index is 13.0. The zero-order valence-corrected chi connectivity index (χ0v) is 41.2. The van der Waals surface area contributed by atoms with Crippen LogP contribution in [0.2, 0.25) is 0 Å². The van der Waals surface area contributed by atoms with Crippen LogP contribution in [-0.2, 0) is 42.8 Å². The molecule has 6 unspecified atom stereocenters. The molecule has 12 saturated carbocycles. The number of esters is 3. The number of hydrogen-bond acceptors (Lipinski definition) is 9. The summed E-state index contributed by atoms with van der Waals surface area (Å²) in [5.41, 5.74) is -2.39. The van der Waals surface area contributed by atoms with E-state index in [0.717, 1.165) is 156 Å². The quantitative estimate of drug-likeness (QED) is 0.0541. The van der Waals surface area contributed by atoms with Gasteiger partial charge >= 0.3 is 17.9 Å². The number of hydrogen-bond donors (Lipinski definition) is 0. The lowest BCUT2D eigenvalue weighted by Crippen LogP contribution is -2.59. The molecule has 67 heavy (non-hydrogen) atoms. The van der Waals surface area contributed by atoms with Crippen molar-refractivity contribution in [1.82, 2.24) is 0 Å². The Morgan fingerprint density at radius 2 is 0.687 bits per heavy atom. The second-order valence-electron chi connectivity index (χ2n) is 24.0. The molecule has 0 saturated heterocycles. The molecule has 0 aliphatic heterocycles. The summed E-state index contributed by atoms with van der Waals surface area (Å²) in [6.07, 6.45) is 20.5.